The van der Waals surface area contributed by atoms with Crippen molar-refractivity contribution in [2.75, 3.05) is 5.75 Å². The van der Waals surface area contributed by atoms with E-state index in [4.69, 9.17) is 4.98 Å². The number of aryl methyl sites for hydroxylation is 2. The maximum Gasteiger partial charge on any atom is 0.106 e. The maximum atomic E-state index is 4.78. The lowest BCUT2D eigenvalue weighted by Gasteiger charge is -2.32. The van der Waals surface area contributed by atoms with Gasteiger partial charge in [0.25, 0.3) is 0 Å². The molecule has 0 radical (unpaired) electrons. The van der Waals surface area contributed by atoms with E-state index in [-0.39, 0.29) is 0 Å². The third-order valence-electron chi connectivity index (χ3n) is 4.75. The van der Waals surface area contributed by atoms with Crippen LogP contribution in [0.5, 0.6) is 0 Å². The van der Waals surface area contributed by atoms with Crippen LogP contribution in [0.2, 0.25) is 0 Å². The quantitative estimate of drug-likeness (QED) is 0.802. The maximum absolute atomic E-state index is 4.78. The molecule has 1 aromatic rings. The van der Waals surface area contributed by atoms with Crippen molar-refractivity contribution in [1.82, 2.24) is 9.55 Å². The summed E-state index contributed by atoms with van der Waals surface area (Å²) in [6.07, 6.45) is 7.41. The van der Waals surface area contributed by atoms with Crippen molar-refractivity contribution in [3.63, 3.8) is 0 Å². The molecule has 0 amide bonds. The first-order valence-electron chi connectivity index (χ1n) is 7.31. The Kier molecular flexibility index (Phi) is 4.41. The van der Waals surface area contributed by atoms with Crippen LogP contribution in [0.15, 0.2) is 0 Å². The monoisotopic (exact) mass is 266 g/mol. The smallest absolute Gasteiger partial charge is 0.106 e. The van der Waals surface area contributed by atoms with Gasteiger partial charge in [-0.3, -0.25) is 0 Å². The van der Waals surface area contributed by atoms with Crippen molar-refractivity contribution in [2.45, 2.75) is 65.8 Å². The molecule has 0 saturated heterocycles. The van der Waals surface area contributed by atoms with Crippen LogP contribution in [0.25, 0.3) is 0 Å². The number of hydrogen-bond donors (Lipinski definition) is 1. The number of rotatable bonds is 5. The number of hydrogen-bond acceptors (Lipinski definition) is 2. The highest BCUT2D eigenvalue weighted by molar-refractivity contribution is 7.80. The van der Waals surface area contributed by atoms with Gasteiger partial charge in [0.05, 0.1) is 5.69 Å². The van der Waals surface area contributed by atoms with Crippen LogP contribution in [-0.4, -0.2) is 15.3 Å². The van der Waals surface area contributed by atoms with E-state index in [2.05, 4.69) is 38.0 Å². The molecule has 0 fully saturated rings. The summed E-state index contributed by atoms with van der Waals surface area (Å²) in [7, 11) is 0. The molecule has 2 nitrogen and oxygen atoms in total. The summed E-state index contributed by atoms with van der Waals surface area (Å²) < 4.78 is 2.48. The Bertz CT molecular complexity index is 397. The van der Waals surface area contributed by atoms with Gasteiger partial charge in [-0.15, -0.1) is 0 Å². The molecule has 1 heterocycles. The Hall–Kier alpha value is -0.440. The second-order valence-corrected chi connectivity index (χ2v) is 6.03. The molecule has 0 bridgehead atoms. The molecule has 1 aliphatic rings. The van der Waals surface area contributed by atoms with Gasteiger partial charge >= 0.3 is 0 Å². The molecule has 0 aliphatic heterocycles. The van der Waals surface area contributed by atoms with Gasteiger partial charge in [0, 0.05) is 12.2 Å². The lowest BCUT2D eigenvalue weighted by molar-refractivity contribution is 0.252. The molecule has 0 aromatic carbocycles. The molecule has 3 heteroatoms. The standard InChI is InChI=1S/C15H26N2S/c1-4-15(5-2,11-18)10-17-12(3)16-13-8-6-7-9-14(13)17/h18H,4-11H2,1-3H3. The van der Waals surface area contributed by atoms with E-state index in [1.54, 1.807) is 0 Å². The summed E-state index contributed by atoms with van der Waals surface area (Å²) in [5.74, 6) is 2.17. The number of fused-ring (bicyclic) bond motifs is 1. The van der Waals surface area contributed by atoms with E-state index < -0.39 is 0 Å². The minimum absolute atomic E-state index is 0.333. The highest BCUT2D eigenvalue weighted by atomic mass is 32.1. The first kappa shape index (κ1) is 14.0. The fraction of sp³-hybridized carbons (Fsp3) is 0.800. The predicted molar refractivity (Wildman–Crippen MR) is 80.5 cm³/mol. The first-order valence-corrected chi connectivity index (χ1v) is 7.94. The van der Waals surface area contributed by atoms with E-state index in [9.17, 15) is 0 Å². The van der Waals surface area contributed by atoms with Crippen molar-refractivity contribution in [3.8, 4) is 0 Å². The van der Waals surface area contributed by atoms with E-state index in [0.29, 0.717) is 5.41 Å². The summed E-state index contributed by atoms with van der Waals surface area (Å²) in [4.78, 5) is 4.78. The minimum Gasteiger partial charge on any atom is -0.331 e. The average molecular weight is 266 g/mol. The second-order valence-electron chi connectivity index (χ2n) is 5.71. The van der Waals surface area contributed by atoms with Gasteiger partial charge in [0.15, 0.2) is 0 Å². The van der Waals surface area contributed by atoms with E-state index in [0.717, 1.165) is 12.3 Å². The molecule has 0 unspecified atom stereocenters. The van der Waals surface area contributed by atoms with Crippen molar-refractivity contribution < 1.29 is 0 Å². The van der Waals surface area contributed by atoms with Crippen molar-refractivity contribution in [3.05, 3.63) is 17.2 Å². The van der Waals surface area contributed by atoms with Gasteiger partial charge in [0.1, 0.15) is 5.82 Å². The molecular weight excluding hydrogens is 240 g/mol. The van der Waals surface area contributed by atoms with Crippen LogP contribution >= 0.6 is 12.6 Å². The zero-order valence-corrected chi connectivity index (χ0v) is 12.9. The molecule has 0 N–H and O–H groups in total. The second kappa shape index (κ2) is 5.68. The largest absolute Gasteiger partial charge is 0.331 e. The summed E-state index contributed by atoms with van der Waals surface area (Å²) in [5, 5.41) is 0. The Labute approximate surface area is 117 Å². The van der Waals surface area contributed by atoms with Gasteiger partial charge in [-0.1, -0.05) is 13.8 Å². The summed E-state index contributed by atoms with van der Waals surface area (Å²) in [6, 6.07) is 0. The van der Waals surface area contributed by atoms with Crippen LogP contribution < -0.4 is 0 Å². The first-order chi connectivity index (χ1) is 8.65. The van der Waals surface area contributed by atoms with Crippen molar-refractivity contribution in [1.29, 1.82) is 0 Å². The number of thiol groups is 1. The highest BCUT2D eigenvalue weighted by Crippen LogP contribution is 2.32. The van der Waals surface area contributed by atoms with E-state index in [1.807, 2.05) is 0 Å². The minimum atomic E-state index is 0.333. The Morgan fingerprint density at radius 1 is 1.22 bits per heavy atom. The molecule has 18 heavy (non-hydrogen) atoms. The van der Waals surface area contributed by atoms with Crippen LogP contribution in [0.1, 0.15) is 56.7 Å². The van der Waals surface area contributed by atoms with E-state index in [1.165, 1.54) is 55.7 Å². The Morgan fingerprint density at radius 2 is 1.89 bits per heavy atom. The van der Waals surface area contributed by atoms with Crippen LogP contribution in [0.4, 0.5) is 0 Å². The Balaban J connectivity index is 2.30. The average Bonchev–Trinajstić information content (AvgIpc) is 2.72. The van der Waals surface area contributed by atoms with Crippen LogP contribution in [0.3, 0.4) is 0 Å². The van der Waals surface area contributed by atoms with Gasteiger partial charge in [-0.25, -0.2) is 4.98 Å². The summed E-state index contributed by atoms with van der Waals surface area (Å²) in [5.41, 5.74) is 3.20. The molecule has 102 valence electrons. The van der Waals surface area contributed by atoms with Crippen molar-refractivity contribution >= 4 is 12.6 Å². The van der Waals surface area contributed by atoms with Gasteiger partial charge in [0.2, 0.25) is 0 Å². The molecular formula is C15H26N2S. The zero-order valence-electron chi connectivity index (χ0n) is 12.0. The Morgan fingerprint density at radius 3 is 2.50 bits per heavy atom. The fourth-order valence-corrected chi connectivity index (χ4v) is 3.58. The number of imidazole rings is 1. The van der Waals surface area contributed by atoms with Gasteiger partial charge in [-0.2, -0.15) is 12.6 Å². The van der Waals surface area contributed by atoms with Crippen LogP contribution in [0, 0.1) is 12.3 Å². The summed E-state index contributed by atoms with van der Waals surface area (Å²) >= 11 is 4.60. The molecule has 0 spiro atoms. The van der Waals surface area contributed by atoms with Gasteiger partial charge in [-0.05, 0) is 56.6 Å². The molecule has 0 saturated carbocycles. The topological polar surface area (TPSA) is 17.8 Å². The molecule has 2 rings (SSSR count). The lowest BCUT2D eigenvalue weighted by atomic mass is 9.84. The summed E-state index contributed by atoms with van der Waals surface area (Å²) in [6.45, 7) is 7.83. The predicted octanol–water partition coefficient (Wildman–Crippen LogP) is 3.81. The fourth-order valence-electron chi connectivity index (χ4n) is 3.03. The third kappa shape index (κ3) is 2.47. The normalized spacial score (nSPS) is 15.8. The van der Waals surface area contributed by atoms with Gasteiger partial charge < -0.3 is 4.57 Å². The lowest BCUT2D eigenvalue weighted by Crippen LogP contribution is -2.29. The third-order valence-corrected chi connectivity index (χ3v) is 5.42. The van der Waals surface area contributed by atoms with E-state index >= 15 is 0 Å². The zero-order chi connectivity index (χ0) is 13.2. The number of aromatic nitrogens is 2. The molecule has 1 aliphatic carbocycles. The number of nitrogens with zero attached hydrogens (tertiary/aromatic N) is 2. The molecule has 1 aromatic heterocycles. The molecule has 0 atom stereocenters. The highest BCUT2D eigenvalue weighted by Gasteiger charge is 2.28. The van der Waals surface area contributed by atoms with Crippen LogP contribution in [-0.2, 0) is 19.4 Å². The SMILES string of the molecule is CCC(CC)(CS)Cn1c(C)nc2c1CCCC2. The van der Waals surface area contributed by atoms with Crippen molar-refractivity contribution in [2.24, 2.45) is 5.41 Å².